The first-order chi connectivity index (χ1) is 16.9. The van der Waals surface area contributed by atoms with Crippen LogP contribution in [0.4, 0.5) is 0 Å². The number of phosphoric ester groups is 1. The second-order valence-electron chi connectivity index (χ2n) is 9.97. The summed E-state index contributed by atoms with van der Waals surface area (Å²) in [5.74, 6) is -0.818. The second kappa shape index (κ2) is 19.7. The average Bonchev–Trinajstić information content (AvgIpc) is 2.80. The van der Waals surface area contributed by atoms with Crippen molar-refractivity contribution in [3.8, 4) is 0 Å². The van der Waals surface area contributed by atoms with Gasteiger partial charge in [0.15, 0.2) is 12.7 Å². The molecule has 0 rings (SSSR count). The molecule has 11 heteroatoms. The quantitative estimate of drug-likeness (QED) is 0.0470. The van der Waals surface area contributed by atoms with Crippen LogP contribution in [-0.2, 0) is 32.7 Å². The van der Waals surface area contributed by atoms with E-state index in [9.17, 15) is 19.0 Å². The van der Waals surface area contributed by atoms with Crippen LogP contribution in [0.1, 0.15) is 97.3 Å². The number of carbonyl (C=O) groups is 2. The highest BCUT2D eigenvalue weighted by atomic mass is 31.2. The third kappa shape index (κ3) is 19.8. The van der Waals surface area contributed by atoms with Crippen molar-refractivity contribution in [1.82, 2.24) is 0 Å². The van der Waals surface area contributed by atoms with E-state index in [1.165, 1.54) is 6.42 Å². The minimum atomic E-state index is -4.51. The average molecular weight is 538 g/mol. The molecular formula is C25H50N2O8P+. The van der Waals surface area contributed by atoms with Gasteiger partial charge in [0.2, 0.25) is 5.84 Å². The minimum Gasteiger partial charge on any atom is -0.462 e. The predicted octanol–water partition coefficient (Wildman–Crippen LogP) is 5.37. The molecule has 0 aromatic carbocycles. The fraction of sp³-hybridized carbons (Fsp3) is 0.880. The molecule has 0 aliphatic rings. The van der Waals surface area contributed by atoms with Gasteiger partial charge in [-0.2, -0.15) is 0 Å². The summed E-state index contributed by atoms with van der Waals surface area (Å²) in [6.07, 6.45) is 10.5. The molecule has 0 saturated carbocycles. The molecule has 212 valence electrons. The monoisotopic (exact) mass is 537 g/mol. The molecule has 10 nitrogen and oxygen atoms in total. The Balaban J connectivity index is 4.71. The van der Waals surface area contributed by atoms with Crippen LogP contribution in [0.15, 0.2) is 0 Å². The third-order valence-corrected chi connectivity index (χ3v) is 6.48. The van der Waals surface area contributed by atoms with E-state index in [-0.39, 0.29) is 29.8 Å². The van der Waals surface area contributed by atoms with E-state index >= 15 is 0 Å². The van der Waals surface area contributed by atoms with E-state index in [0.29, 0.717) is 6.42 Å². The molecule has 0 saturated heterocycles. The van der Waals surface area contributed by atoms with Crippen molar-refractivity contribution in [2.24, 2.45) is 0 Å². The number of esters is 2. The molecule has 2 N–H and O–H groups in total. The van der Waals surface area contributed by atoms with Gasteiger partial charge in [-0.05, 0) is 12.8 Å². The number of rotatable bonds is 22. The van der Waals surface area contributed by atoms with Crippen LogP contribution in [0.3, 0.4) is 0 Å². The highest BCUT2D eigenvalue weighted by Crippen LogP contribution is 2.43. The summed E-state index contributed by atoms with van der Waals surface area (Å²) in [4.78, 5) is 34.4. The Hall–Kier alpha value is -1.32. The van der Waals surface area contributed by atoms with Gasteiger partial charge in [0, 0.05) is 12.8 Å². The summed E-state index contributed by atoms with van der Waals surface area (Å²) in [5.41, 5.74) is 0. The molecule has 0 spiro atoms. The first kappa shape index (κ1) is 34.7. The Labute approximate surface area is 217 Å². The number of hydrogen-bond donors (Lipinski definition) is 2. The molecule has 0 aliphatic heterocycles. The molecule has 36 heavy (non-hydrogen) atoms. The number of nitrogens with zero attached hydrogens (tertiary/aromatic N) is 1. The van der Waals surface area contributed by atoms with Crippen molar-refractivity contribution in [3.05, 3.63) is 0 Å². The highest BCUT2D eigenvalue weighted by Gasteiger charge is 2.28. The van der Waals surface area contributed by atoms with Crippen LogP contribution in [0.2, 0.25) is 0 Å². The molecule has 0 radical (unpaired) electrons. The van der Waals surface area contributed by atoms with Crippen LogP contribution in [0.25, 0.3) is 0 Å². The number of carbonyl (C=O) groups excluding carboxylic acids is 2. The van der Waals surface area contributed by atoms with Gasteiger partial charge >= 0.3 is 19.8 Å². The maximum absolute atomic E-state index is 12.3. The van der Waals surface area contributed by atoms with Gasteiger partial charge in [0.25, 0.3) is 0 Å². The number of hydrogen-bond acceptors (Lipinski definition) is 8. The maximum Gasteiger partial charge on any atom is 0.472 e. The Morgan fingerprint density at radius 3 is 1.83 bits per heavy atom. The molecule has 0 aromatic rings. The number of amidine groups is 1. The van der Waals surface area contributed by atoms with Crippen molar-refractivity contribution < 1.29 is 42.1 Å². The highest BCUT2D eigenvalue weighted by molar-refractivity contribution is 7.47. The van der Waals surface area contributed by atoms with E-state index in [0.717, 1.165) is 57.8 Å². The summed E-state index contributed by atoms with van der Waals surface area (Å²) in [7, 11) is 0.677. The topological polar surface area (TPSA) is 132 Å². The molecular weight excluding hydrogens is 487 g/mol. The molecule has 2 atom stereocenters. The normalized spacial score (nSPS) is 14.2. The summed E-state index contributed by atoms with van der Waals surface area (Å²) in [6, 6.07) is 0. The zero-order chi connectivity index (χ0) is 27.5. The van der Waals surface area contributed by atoms with Gasteiger partial charge in [-0.3, -0.25) is 28.5 Å². The lowest BCUT2D eigenvalue weighted by molar-refractivity contribution is -0.779. The maximum atomic E-state index is 12.3. The summed E-state index contributed by atoms with van der Waals surface area (Å²) >= 11 is 0. The first-order valence-electron chi connectivity index (χ1n) is 13.3. The smallest absolute Gasteiger partial charge is 0.462 e. The van der Waals surface area contributed by atoms with Gasteiger partial charge in [0.1, 0.15) is 6.61 Å². The van der Waals surface area contributed by atoms with E-state index in [1.807, 2.05) is 0 Å². The Kier molecular flexibility index (Phi) is 19.0. The Morgan fingerprint density at radius 2 is 1.31 bits per heavy atom. The van der Waals surface area contributed by atoms with E-state index in [1.54, 1.807) is 21.1 Å². The molecule has 0 fully saturated rings. The summed E-state index contributed by atoms with van der Waals surface area (Å²) in [6.45, 7) is 3.12. The lowest BCUT2D eigenvalue weighted by Crippen LogP contribution is -2.43. The predicted molar refractivity (Wildman–Crippen MR) is 140 cm³/mol. The van der Waals surface area contributed by atoms with Crippen LogP contribution in [0.5, 0.6) is 0 Å². The summed E-state index contributed by atoms with van der Waals surface area (Å²) in [5, 5.41) is 7.88. The Bertz CT molecular complexity index is 681. The molecule has 0 heterocycles. The third-order valence-electron chi connectivity index (χ3n) is 5.54. The lowest BCUT2D eigenvalue weighted by Gasteiger charge is -2.24. The van der Waals surface area contributed by atoms with Crippen LogP contribution >= 0.6 is 7.82 Å². The molecule has 0 aromatic heterocycles. The van der Waals surface area contributed by atoms with Crippen molar-refractivity contribution >= 4 is 25.6 Å². The van der Waals surface area contributed by atoms with Gasteiger partial charge in [-0.1, -0.05) is 71.6 Å². The molecule has 0 amide bonds. The van der Waals surface area contributed by atoms with Gasteiger partial charge in [0.05, 0.1) is 27.7 Å². The number of ether oxygens (including phenoxy) is 2. The fourth-order valence-electron chi connectivity index (χ4n) is 3.09. The van der Waals surface area contributed by atoms with Gasteiger partial charge in [-0.25, -0.2) is 4.57 Å². The minimum absolute atomic E-state index is 0.0718. The number of nitrogens with one attached hydrogen (secondary N) is 1. The summed E-state index contributed by atoms with van der Waals surface area (Å²) < 4.78 is 32.9. The molecule has 1 unspecified atom stereocenters. The number of quaternary nitrogens is 1. The van der Waals surface area contributed by atoms with Gasteiger partial charge in [-0.15, -0.1) is 0 Å². The number of likely N-dealkylation sites (N-methyl/N-ethyl adjacent to an activating group) is 1. The van der Waals surface area contributed by atoms with Crippen LogP contribution in [-0.4, -0.2) is 74.2 Å². The van der Waals surface area contributed by atoms with E-state index in [2.05, 4.69) is 13.8 Å². The molecule has 0 bridgehead atoms. The van der Waals surface area contributed by atoms with Crippen molar-refractivity contribution in [2.45, 2.75) is 103 Å². The zero-order valence-corrected chi connectivity index (χ0v) is 24.0. The first-order valence-corrected chi connectivity index (χ1v) is 14.8. The lowest BCUT2D eigenvalue weighted by atomic mass is 10.1. The zero-order valence-electron chi connectivity index (χ0n) is 23.1. The van der Waals surface area contributed by atoms with Crippen LogP contribution in [0, 0.1) is 5.41 Å². The van der Waals surface area contributed by atoms with E-state index < -0.39 is 39.1 Å². The van der Waals surface area contributed by atoms with Crippen LogP contribution < -0.4 is 0 Å². The van der Waals surface area contributed by atoms with Crippen molar-refractivity contribution in [2.75, 3.05) is 41.0 Å². The molecule has 0 aliphatic carbocycles. The second-order valence-corrected chi connectivity index (χ2v) is 11.4. The number of unbranched alkanes of at least 4 members (excludes halogenated alkanes) is 9. The van der Waals surface area contributed by atoms with Crippen molar-refractivity contribution in [1.29, 1.82) is 5.41 Å². The number of phosphoric acid groups is 1. The largest absolute Gasteiger partial charge is 0.472 e. The van der Waals surface area contributed by atoms with Crippen molar-refractivity contribution in [3.63, 3.8) is 0 Å². The SMILES string of the molecule is CCCCCCCCC(=O)OC[C@H](COP(=O)(O)OCC(=N)[N+](C)(C)C)OC(=O)CCCCCCC. The van der Waals surface area contributed by atoms with E-state index in [4.69, 9.17) is 23.9 Å². The standard InChI is InChI=1S/C25H49N2O8P/c1-6-8-10-12-14-15-17-24(28)32-19-22(35-25(29)18-16-13-11-9-7-2)20-33-36(30,31)34-21-23(26)27(3,4)5/h22,26H,6-21H2,1-5H3/p+1/t22-/m1/s1. The van der Waals surface area contributed by atoms with Gasteiger partial charge < -0.3 is 14.4 Å². The Morgan fingerprint density at radius 1 is 0.806 bits per heavy atom. The fourth-order valence-corrected chi connectivity index (χ4v) is 3.81.